The van der Waals surface area contributed by atoms with Crippen LogP contribution in [0.5, 0.6) is 0 Å². The Morgan fingerprint density at radius 3 is 2.07 bits per heavy atom. The van der Waals surface area contributed by atoms with Gasteiger partial charge in [0.15, 0.2) is 0 Å². The van der Waals surface area contributed by atoms with Crippen molar-refractivity contribution in [2.45, 2.75) is 13.8 Å². The molecule has 0 aliphatic heterocycles. The largest absolute Gasteiger partial charge is 0.339 e. The molecule has 0 aliphatic carbocycles. The Kier molecular flexibility index (Phi) is 4.43. The second kappa shape index (κ2) is 5.38. The Bertz CT molecular complexity index is 341. The highest BCUT2D eigenvalue weighted by atomic mass is 35.5. The van der Waals surface area contributed by atoms with Crippen LogP contribution in [0.15, 0.2) is 18.2 Å². The van der Waals surface area contributed by atoms with Crippen molar-refractivity contribution < 1.29 is 4.79 Å². The normalized spacial score (nSPS) is 10.1. The van der Waals surface area contributed by atoms with Crippen molar-refractivity contribution in [1.29, 1.82) is 0 Å². The molecule has 0 saturated carbocycles. The molecule has 0 saturated heterocycles. The van der Waals surface area contributed by atoms with Gasteiger partial charge in [-0.05, 0) is 26.0 Å². The molecular weight excluding hydrogens is 233 g/mol. The average Bonchev–Trinajstić information content (AvgIpc) is 2.19. The summed E-state index contributed by atoms with van der Waals surface area (Å²) >= 11 is 11.9. The Balaban J connectivity index is 3.10. The van der Waals surface area contributed by atoms with Gasteiger partial charge in [0.1, 0.15) is 0 Å². The predicted molar refractivity (Wildman–Crippen MR) is 63.7 cm³/mol. The van der Waals surface area contributed by atoms with Crippen LogP contribution in [0.1, 0.15) is 24.2 Å². The van der Waals surface area contributed by atoms with Crippen LogP contribution in [0.4, 0.5) is 0 Å². The zero-order valence-electron chi connectivity index (χ0n) is 8.76. The zero-order chi connectivity index (χ0) is 11.4. The van der Waals surface area contributed by atoms with Gasteiger partial charge in [-0.2, -0.15) is 0 Å². The summed E-state index contributed by atoms with van der Waals surface area (Å²) in [6.45, 7) is 5.14. The maximum Gasteiger partial charge on any atom is 0.256 e. The molecule has 1 aromatic rings. The Morgan fingerprint density at radius 1 is 1.20 bits per heavy atom. The number of benzene rings is 1. The number of rotatable bonds is 3. The average molecular weight is 246 g/mol. The molecule has 0 unspecified atom stereocenters. The first-order valence-corrected chi connectivity index (χ1v) is 5.60. The fourth-order valence-corrected chi connectivity index (χ4v) is 1.93. The molecule has 1 rings (SSSR count). The third-order valence-electron chi connectivity index (χ3n) is 2.23. The number of carbonyl (C=O) groups excluding carboxylic acids is 1. The molecule has 0 aromatic heterocycles. The number of halogens is 2. The van der Waals surface area contributed by atoms with Crippen LogP contribution in [0.2, 0.25) is 10.0 Å². The summed E-state index contributed by atoms with van der Waals surface area (Å²) in [7, 11) is 0. The van der Waals surface area contributed by atoms with E-state index >= 15 is 0 Å². The molecule has 0 bridgehead atoms. The van der Waals surface area contributed by atoms with E-state index in [0.717, 1.165) is 0 Å². The van der Waals surface area contributed by atoms with E-state index in [1.165, 1.54) is 0 Å². The van der Waals surface area contributed by atoms with Gasteiger partial charge in [-0.1, -0.05) is 29.3 Å². The summed E-state index contributed by atoms with van der Waals surface area (Å²) in [5.74, 6) is -0.115. The van der Waals surface area contributed by atoms with Gasteiger partial charge in [-0.3, -0.25) is 4.79 Å². The van der Waals surface area contributed by atoms with Gasteiger partial charge in [-0.15, -0.1) is 0 Å². The minimum Gasteiger partial charge on any atom is -0.339 e. The van der Waals surface area contributed by atoms with Gasteiger partial charge in [0.05, 0.1) is 15.6 Å². The summed E-state index contributed by atoms with van der Waals surface area (Å²) in [6.07, 6.45) is 0. The molecule has 0 aliphatic rings. The van der Waals surface area contributed by atoms with Gasteiger partial charge < -0.3 is 4.90 Å². The fourth-order valence-electron chi connectivity index (χ4n) is 1.37. The molecule has 4 heteroatoms. The SMILES string of the molecule is CCN(CC)C(=O)c1c(Cl)cccc1Cl. The number of hydrogen-bond donors (Lipinski definition) is 0. The van der Waals surface area contributed by atoms with Crippen molar-refractivity contribution in [1.82, 2.24) is 4.90 Å². The lowest BCUT2D eigenvalue weighted by molar-refractivity contribution is 0.0773. The molecule has 1 amide bonds. The third-order valence-corrected chi connectivity index (χ3v) is 2.86. The number of hydrogen-bond acceptors (Lipinski definition) is 1. The van der Waals surface area contributed by atoms with E-state index in [9.17, 15) is 4.79 Å². The highest BCUT2D eigenvalue weighted by Gasteiger charge is 2.18. The van der Waals surface area contributed by atoms with Gasteiger partial charge in [0.2, 0.25) is 0 Å². The Hall–Kier alpha value is -0.730. The van der Waals surface area contributed by atoms with E-state index in [0.29, 0.717) is 28.7 Å². The molecule has 0 radical (unpaired) electrons. The van der Waals surface area contributed by atoms with Crippen molar-refractivity contribution in [2.24, 2.45) is 0 Å². The molecule has 0 atom stereocenters. The monoisotopic (exact) mass is 245 g/mol. The van der Waals surface area contributed by atoms with Gasteiger partial charge in [-0.25, -0.2) is 0 Å². The number of amides is 1. The molecule has 1 aromatic carbocycles. The smallest absolute Gasteiger partial charge is 0.256 e. The first-order chi connectivity index (χ1) is 7.11. The molecule has 0 fully saturated rings. The summed E-state index contributed by atoms with van der Waals surface area (Å²) in [6, 6.07) is 5.07. The van der Waals surface area contributed by atoms with Crippen LogP contribution in [-0.2, 0) is 0 Å². The number of nitrogens with zero attached hydrogens (tertiary/aromatic N) is 1. The van der Waals surface area contributed by atoms with Gasteiger partial charge >= 0.3 is 0 Å². The minimum atomic E-state index is -0.115. The molecule has 0 spiro atoms. The van der Waals surface area contributed by atoms with Crippen LogP contribution >= 0.6 is 23.2 Å². The van der Waals surface area contributed by atoms with Crippen molar-refractivity contribution in [3.05, 3.63) is 33.8 Å². The lowest BCUT2D eigenvalue weighted by atomic mass is 10.2. The Labute approximate surface area is 99.8 Å². The molecule has 2 nitrogen and oxygen atoms in total. The van der Waals surface area contributed by atoms with Crippen LogP contribution in [-0.4, -0.2) is 23.9 Å². The topological polar surface area (TPSA) is 20.3 Å². The van der Waals surface area contributed by atoms with E-state index in [4.69, 9.17) is 23.2 Å². The third kappa shape index (κ3) is 2.64. The minimum absolute atomic E-state index is 0.115. The van der Waals surface area contributed by atoms with Crippen molar-refractivity contribution >= 4 is 29.1 Å². The first-order valence-electron chi connectivity index (χ1n) is 4.85. The lowest BCUT2D eigenvalue weighted by Crippen LogP contribution is -2.30. The van der Waals surface area contributed by atoms with Crippen molar-refractivity contribution in [2.75, 3.05) is 13.1 Å². The maximum atomic E-state index is 12.0. The van der Waals surface area contributed by atoms with Crippen LogP contribution in [0.3, 0.4) is 0 Å². The summed E-state index contributed by atoms with van der Waals surface area (Å²) in [5, 5.41) is 0.804. The molecule has 15 heavy (non-hydrogen) atoms. The molecule has 0 N–H and O–H groups in total. The fraction of sp³-hybridized carbons (Fsp3) is 0.364. The highest BCUT2D eigenvalue weighted by molar-refractivity contribution is 6.39. The summed E-state index contributed by atoms with van der Waals surface area (Å²) < 4.78 is 0. The van der Waals surface area contributed by atoms with Crippen LogP contribution in [0.25, 0.3) is 0 Å². The summed E-state index contributed by atoms with van der Waals surface area (Å²) in [5.41, 5.74) is 0.393. The Morgan fingerprint density at radius 2 is 1.67 bits per heavy atom. The first kappa shape index (κ1) is 12.3. The quantitative estimate of drug-likeness (QED) is 0.799. The molecule has 82 valence electrons. The second-order valence-corrected chi connectivity index (χ2v) is 3.89. The van der Waals surface area contributed by atoms with E-state index in [2.05, 4.69) is 0 Å². The standard InChI is InChI=1S/C11H13Cl2NO/c1-3-14(4-2)11(15)10-8(12)6-5-7-9(10)13/h5-7H,3-4H2,1-2H3. The van der Waals surface area contributed by atoms with Crippen LogP contribution in [0, 0.1) is 0 Å². The van der Waals surface area contributed by atoms with Crippen molar-refractivity contribution in [3.63, 3.8) is 0 Å². The van der Waals surface area contributed by atoms with Gasteiger partial charge in [0, 0.05) is 13.1 Å². The van der Waals surface area contributed by atoms with Crippen molar-refractivity contribution in [3.8, 4) is 0 Å². The van der Waals surface area contributed by atoms with Gasteiger partial charge in [0.25, 0.3) is 5.91 Å². The number of carbonyl (C=O) groups is 1. The predicted octanol–water partition coefficient (Wildman–Crippen LogP) is 3.48. The second-order valence-electron chi connectivity index (χ2n) is 3.07. The van der Waals surface area contributed by atoms with E-state index in [-0.39, 0.29) is 5.91 Å². The lowest BCUT2D eigenvalue weighted by Gasteiger charge is -2.19. The molecular formula is C11H13Cl2NO. The van der Waals surface area contributed by atoms with Crippen LogP contribution < -0.4 is 0 Å². The van der Waals surface area contributed by atoms with E-state index < -0.39 is 0 Å². The highest BCUT2D eigenvalue weighted by Crippen LogP contribution is 2.25. The summed E-state index contributed by atoms with van der Waals surface area (Å²) in [4.78, 5) is 13.7. The van der Waals surface area contributed by atoms with E-state index in [1.54, 1.807) is 23.1 Å². The maximum absolute atomic E-state index is 12.0. The zero-order valence-corrected chi connectivity index (χ0v) is 10.3. The molecule has 0 heterocycles. The van der Waals surface area contributed by atoms with E-state index in [1.807, 2.05) is 13.8 Å².